The van der Waals surface area contributed by atoms with Gasteiger partial charge in [0.05, 0.1) is 18.1 Å². The summed E-state index contributed by atoms with van der Waals surface area (Å²) in [6, 6.07) is 7.06. The molecule has 1 fully saturated rings. The molecule has 5 nitrogen and oxygen atoms in total. The summed E-state index contributed by atoms with van der Waals surface area (Å²) in [5.74, 6) is -3.30. The molecule has 1 aromatic rings. The Labute approximate surface area is 123 Å². The van der Waals surface area contributed by atoms with Gasteiger partial charge in [0.2, 0.25) is 5.91 Å². The fourth-order valence-corrected chi connectivity index (χ4v) is 2.92. The van der Waals surface area contributed by atoms with E-state index in [1.54, 1.807) is 36.4 Å². The van der Waals surface area contributed by atoms with Gasteiger partial charge in [0.1, 0.15) is 0 Å². The third-order valence-corrected chi connectivity index (χ3v) is 4.11. The minimum Gasteiger partial charge on any atom is -0.550 e. The number of carbonyl (C=O) groups excluding carboxylic acids is 2. The quantitative estimate of drug-likeness (QED) is 0.824. The van der Waals surface area contributed by atoms with Crippen LogP contribution < -0.4 is 10.4 Å². The van der Waals surface area contributed by atoms with Crippen LogP contribution >= 0.6 is 15.9 Å². The molecule has 0 unspecified atom stereocenters. The van der Waals surface area contributed by atoms with Gasteiger partial charge < -0.3 is 20.0 Å². The predicted molar refractivity (Wildman–Crippen MR) is 72.6 cm³/mol. The van der Waals surface area contributed by atoms with Crippen LogP contribution in [0.5, 0.6) is 0 Å². The number of hydrogen-bond donors (Lipinski definition) is 1. The molecule has 2 heterocycles. The molecule has 0 saturated carbocycles. The van der Waals surface area contributed by atoms with Crippen molar-refractivity contribution in [3.05, 3.63) is 40.9 Å². The van der Waals surface area contributed by atoms with E-state index in [2.05, 4.69) is 21.2 Å². The first-order chi connectivity index (χ1) is 9.56. The summed E-state index contributed by atoms with van der Waals surface area (Å²) >= 11 is 3.31. The van der Waals surface area contributed by atoms with Crippen LogP contribution in [0.3, 0.4) is 0 Å². The maximum Gasteiger partial charge on any atom is 0.231 e. The zero-order chi connectivity index (χ0) is 14.3. The summed E-state index contributed by atoms with van der Waals surface area (Å²) in [7, 11) is 0. The molecule has 3 rings (SSSR count). The Hall–Kier alpha value is -1.66. The van der Waals surface area contributed by atoms with E-state index in [1.165, 1.54) is 0 Å². The fourth-order valence-electron chi connectivity index (χ4n) is 2.66. The smallest absolute Gasteiger partial charge is 0.231 e. The molecule has 4 atom stereocenters. The number of nitrogens with one attached hydrogen (secondary N) is 1. The topological polar surface area (TPSA) is 78.5 Å². The summed E-state index contributed by atoms with van der Waals surface area (Å²) in [6.07, 6.45) is 2.36. The molecule has 1 N–H and O–H groups in total. The molecule has 0 aromatic heterocycles. The summed E-state index contributed by atoms with van der Waals surface area (Å²) in [5, 5.41) is 13.9. The Kier molecular flexibility index (Phi) is 3.35. The summed E-state index contributed by atoms with van der Waals surface area (Å²) in [6.45, 7) is 0. The molecule has 0 aliphatic carbocycles. The van der Waals surface area contributed by atoms with E-state index < -0.39 is 30.0 Å². The monoisotopic (exact) mass is 336 g/mol. The lowest BCUT2D eigenvalue weighted by Crippen LogP contribution is -2.45. The number of benzene rings is 1. The predicted octanol–water partition coefficient (Wildman–Crippen LogP) is 0.707. The molecule has 104 valence electrons. The highest BCUT2D eigenvalue weighted by molar-refractivity contribution is 9.10. The Bertz CT molecular complexity index is 583. The Morgan fingerprint density at radius 3 is 2.30 bits per heavy atom. The number of hydrogen-bond acceptors (Lipinski definition) is 4. The number of amides is 1. The third kappa shape index (κ3) is 2.25. The van der Waals surface area contributed by atoms with Gasteiger partial charge in [-0.3, -0.25) is 4.79 Å². The molecule has 20 heavy (non-hydrogen) atoms. The van der Waals surface area contributed by atoms with Crippen LogP contribution in [0.2, 0.25) is 0 Å². The van der Waals surface area contributed by atoms with Crippen LogP contribution in [0.15, 0.2) is 40.9 Å². The number of anilines is 1. The van der Waals surface area contributed by atoms with E-state index in [1.807, 2.05) is 0 Å². The summed E-state index contributed by atoms with van der Waals surface area (Å²) < 4.78 is 6.33. The van der Waals surface area contributed by atoms with Crippen LogP contribution in [-0.2, 0) is 14.3 Å². The highest BCUT2D eigenvalue weighted by atomic mass is 79.9. The Morgan fingerprint density at radius 2 is 1.70 bits per heavy atom. The molecule has 6 heteroatoms. The molecule has 1 aromatic carbocycles. The molecule has 2 bridgehead atoms. The molecule has 0 radical (unpaired) electrons. The zero-order valence-electron chi connectivity index (χ0n) is 10.3. The lowest BCUT2D eigenvalue weighted by Gasteiger charge is -2.24. The van der Waals surface area contributed by atoms with Gasteiger partial charge in [-0.05, 0) is 24.3 Å². The van der Waals surface area contributed by atoms with Crippen molar-refractivity contribution >= 4 is 33.5 Å². The summed E-state index contributed by atoms with van der Waals surface area (Å²) in [5.41, 5.74) is 0.613. The normalized spacial score (nSPS) is 30.4. The maximum absolute atomic E-state index is 12.3. The molecule has 1 saturated heterocycles. The van der Waals surface area contributed by atoms with Gasteiger partial charge in [-0.25, -0.2) is 0 Å². The minimum atomic E-state index is -1.25. The second-order valence-electron chi connectivity index (χ2n) is 4.82. The molecule has 2 aliphatic rings. The summed E-state index contributed by atoms with van der Waals surface area (Å²) in [4.78, 5) is 23.5. The second-order valence-corrected chi connectivity index (χ2v) is 5.73. The average molecular weight is 337 g/mol. The van der Waals surface area contributed by atoms with Crippen LogP contribution in [-0.4, -0.2) is 24.1 Å². The number of aliphatic carboxylic acids is 1. The lowest BCUT2D eigenvalue weighted by atomic mass is 9.82. The first-order valence-corrected chi connectivity index (χ1v) is 6.96. The van der Waals surface area contributed by atoms with Crippen molar-refractivity contribution in [3.8, 4) is 0 Å². The van der Waals surface area contributed by atoms with Gasteiger partial charge in [0.25, 0.3) is 0 Å². The van der Waals surface area contributed by atoms with Crippen molar-refractivity contribution < 1.29 is 19.4 Å². The highest BCUT2D eigenvalue weighted by Gasteiger charge is 2.50. The standard InChI is InChI=1S/C14H12BrNO4/c15-7-1-3-8(4-2-7)16-13(17)11-9-5-6-10(20-9)12(11)14(18)19/h1-6,9-12H,(H,16,17)(H,18,19)/p-1/t9-,10+,11+,12-/m0/s1. The van der Waals surface area contributed by atoms with Crippen molar-refractivity contribution in [1.82, 2.24) is 0 Å². The van der Waals surface area contributed by atoms with E-state index in [-0.39, 0.29) is 5.91 Å². The first kappa shape index (κ1) is 13.3. The molecular weight excluding hydrogens is 326 g/mol. The molecular formula is C14H11BrNO4-. The van der Waals surface area contributed by atoms with E-state index in [0.717, 1.165) is 4.47 Å². The largest absolute Gasteiger partial charge is 0.550 e. The van der Waals surface area contributed by atoms with E-state index in [0.29, 0.717) is 5.69 Å². The van der Waals surface area contributed by atoms with Crippen LogP contribution in [0.4, 0.5) is 5.69 Å². The average Bonchev–Trinajstić information content (AvgIpc) is 3.01. The number of rotatable bonds is 3. The lowest BCUT2D eigenvalue weighted by molar-refractivity contribution is -0.313. The van der Waals surface area contributed by atoms with Crippen molar-refractivity contribution in [2.24, 2.45) is 11.8 Å². The fraction of sp³-hybridized carbons (Fsp3) is 0.286. The van der Waals surface area contributed by atoms with E-state index >= 15 is 0 Å². The SMILES string of the molecule is O=C([O-])[C@@H]1[C@H](C(=O)Nc2ccc(Br)cc2)[C@@H]2C=C[C@H]1O2. The number of fused-ring (bicyclic) bond motifs is 2. The Balaban J connectivity index is 1.78. The molecule has 2 aliphatic heterocycles. The van der Waals surface area contributed by atoms with Gasteiger partial charge in [0.15, 0.2) is 0 Å². The van der Waals surface area contributed by atoms with Crippen molar-refractivity contribution in [2.45, 2.75) is 12.2 Å². The van der Waals surface area contributed by atoms with Gasteiger partial charge in [-0.1, -0.05) is 28.1 Å². The zero-order valence-corrected chi connectivity index (χ0v) is 11.9. The number of ether oxygens (including phenoxy) is 1. The van der Waals surface area contributed by atoms with Crippen LogP contribution in [0.1, 0.15) is 0 Å². The van der Waals surface area contributed by atoms with Gasteiger partial charge in [-0.15, -0.1) is 0 Å². The van der Waals surface area contributed by atoms with Crippen LogP contribution in [0.25, 0.3) is 0 Å². The van der Waals surface area contributed by atoms with E-state index in [4.69, 9.17) is 4.74 Å². The third-order valence-electron chi connectivity index (χ3n) is 3.59. The number of halogens is 1. The van der Waals surface area contributed by atoms with Gasteiger partial charge >= 0.3 is 0 Å². The molecule has 1 amide bonds. The Morgan fingerprint density at radius 1 is 1.10 bits per heavy atom. The van der Waals surface area contributed by atoms with Crippen molar-refractivity contribution in [2.75, 3.05) is 5.32 Å². The van der Waals surface area contributed by atoms with Crippen LogP contribution in [0, 0.1) is 11.8 Å². The molecule has 0 spiro atoms. The van der Waals surface area contributed by atoms with Crippen molar-refractivity contribution in [1.29, 1.82) is 0 Å². The number of carboxylic acids is 1. The number of carboxylic acid groups (broad SMARTS) is 1. The van der Waals surface area contributed by atoms with E-state index in [9.17, 15) is 14.7 Å². The van der Waals surface area contributed by atoms with Gasteiger partial charge in [-0.2, -0.15) is 0 Å². The van der Waals surface area contributed by atoms with Crippen molar-refractivity contribution in [3.63, 3.8) is 0 Å². The highest BCUT2D eigenvalue weighted by Crippen LogP contribution is 2.39. The van der Waals surface area contributed by atoms with Gasteiger partial charge in [0, 0.05) is 22.0 Å². The number of carbonyl (C=O) groups is 2. The first-order valence-electron chi connectivity index (χ1n) is 6.17. The second kappa shape index (κ2) is 5.03. The maximum atomic E-state index is 12.3. The minimum absolute atomic E-state index is 0.363.